The average molecular weight is 392 g/mol. The molecular formula is C17H14F2N4O3S. The van der Waals surface area contributed by atoms with E-state index in [9.17, 15) is 18.4 Å². The number of carbonyl (C=O) groups is 2. The van der Waals surface area contributed by atoms with Gasteiger partial charge in [-0.25, -0.2) is 4.57 Å². The number of hydrogen-bond acceptors (Lipinski definition) is 6. The Kier molecular flexibility index (Phi) is 5.08. The molecule has 0 fully saturated rings. The third-order valence-electron chi connectivity index (χ3n) is 3.64. The number of thioether (sulfide) groups is 1. The van der Waals surface area contributed by atoms with Crippen LogP contribution in [0.3, 0.4) is 0 Å². The maximum Gasteiger partial charge on any atom is 0.378 e. The summed E-state index contributed by atoms with van der Waals surface area (Å²) in [7, 11) is 1.25. The normalized spacial score (nSPS) is 11.4. The summed E-state index contributed by atoms with van der Waals surface area (Å²) in [5.74, 6) is -1.96. The van der Waals surface area contributed by atoms with Gasteiger partial charge in [-0.2, -0.15) is 8.78 Å². The maximum absolute atomic E-state index is 14.6. The molecule has 0 aliphatic heterocycles. The summed E-state index contributed by atoms with van der Waals surface area (Å²) in [5.41, 5.74) is 0.718. The Morgan fingerprint density at radius 2 is 1.89 bits per heavy atom. The van der Waals surface area contributed by atoms with Crippen LogP contribution in [0.5, 0.6) is 0 Å². The van der Waals surface area contributed by atoms with Crippen LogP contribution in [0.15, 0.2) is 58.5 Å². The van der Waals surface area contributed by atoms with Crippen molar-refractivity contribution in [2.24, 2.45) is 0 Å². The van der Waals surface area contributed by atoms with Gasteiger partial charge in [-0.3, -0.25) is 9.59 Å². The molecule has 0 radical (unpaired) electrons. The molecular weight excluding hydrogens is 378 g/mol. The highest BCUT2D eigenvalue weighted by atomic mass is 32.2. The van der Waals surface area contributed by atoms with Crippen molar-refractivity contribution < 1.29 is 22.8 Å². The van der Waals surface area contributed by atoms with Crippen LogP contribution in [-0.2, 0) is 4.79 Å². The van der Waals surface area contributed by atoms with E-state index in [0.29, 0.717) is 11.3 Å². The molecule has 0 atom stereocenters. The Morgan fingerprint density at radius 3 is 2.48 bits per heavy atom. The molecule has 1 aromatic carbocycles. The summed E-state index contributed by atoms with van der Waals surface area (Å²) in [5, 5.41) is 3.18. The number of amides is 1. The number of hydrogen-bond donors (Lipinski definition) is 0. The number of benzene rings is 1. The van der Waals surface area contributed by atoms with Crippen molar-refractivity contribution in [1.29, 1.82) is 0 Å². The van der Waals surface area contributed by atoms with Gasteiger partial charge in [0, 0.05) is 19.7 Å². The van der Waals surface area contributed by atoms with E-state index in [1.54, 1.807) is 18.2 Å². The average Bonchev–Trinajstić information content (AvgIpc) is 3.30. The van der Waals surface area contributed by atoms with E-state index in [1.807, 2.05) is 0 Å². The van der Waals surface area contributed by atoms with Crippen molar-refractivity contribution in [3.8, 4) is 11.4 Å². The molecule has 3 rings (SSSR count). The highest BCUT2D eigenvalue weighted by Gasteiger charge is 2.45. The molecule has 140 valence electrons. The lowest BCUT2D eigenvalue weighted by Gasteiger charge is -2.22. The zero-order chi connectivity index (χ0) is 19.6. The quantitative estimate of drug-likeness (QED) is 0.618. The van der Waals surface area contributed by atoms with Crippen LogP contribution in [0.25, 0.3) is 11.4 Å². The molecule has 0 spiro atoms. The van der Waals surface area contributed by atoms with Gasteiger partial charge in [0.2, 0.25) is 11.1 Å². The predicted octanol–water partition coefficient (Wildman–Crippen LogP) is 3.55. The van der Waals surface area contributed by atoms with E-state index in [1.165, 1.54) is 44.7 Å². The van der Waals surface area contributed by atoms with E-state index in [0.717, 1.165) is 9.47 Å². The SMILES string of the molecule is CC(=O)n1c(SC(F)(F)C(=O)N(C)c2ccccc2)nnc1-c1ccoc1. The molecule has 0 N–H and O–H groups in total. The smallest absolute Gasteiger partial charge is 0.378 e. The summed E-state index contributed by atoms with van der Waals surface area (Å²) in [6.07, 6.45) is 2.67. The van der Waals surface area contributed by atoms with Crippen molar-refractivity contribution >= 4 is 29.3 Å². The molecule has 2 heterocycles. The van der Waals surface area contributed by atoms with Crippen LogP contribution in [0, 0.1) is 0 Å². The number of aromatic nitrogens is 3. The first-order valence-corrected chi connectivity index (χ1v) is 8.52. The fraction of sp³-hybridized carbons (Fsp3) is 0.176. The van der Waals surface area contributed by atoms with Crippen LogP contribution in [0.4, 0.5) is 14.5 Å². The minimum Gasteiger partial charge on any atom is -0.472 e. The minimum atomic E-state index is -3.86. The Hall–Kier alpha value is -3.01. The lowest BCUT2D eigenvalue weighted by molar-refractivity contribution is -0.131. The first-order valence-electron chi connectivity index (χ1n) is 7.70. The molecule has 1 amide bonds. The molecule has 27 heavy (non-hydrogen) atoms. The van der Waals surface area contributed by atoms with Crippen molar-refractivity contribution in [2.45, 2.75) is 17.3 Å². The summed E-state index contributed by atoms with van der Waals surface area (Å²) in [6, 6.07) is 9.56. The molecule has 7 nitrogen and oxygen atoms in total. The van der Waals surface area contributed by atoms with Gasteiger partial charge in [0.15, 0.2) is 5.82 Å². The number of furan rings is 1. The fourth-order valence-corrected chi connectivity index (χ4v) is 3.16. The number of alkyl halides is 2. The number of halogens is 2. The zero-order valence-corrected chi connectivity index (χ0v) is 15.1. The van der Waals surface area contributed by atoms with Crippen LogP contribution in [-0.4, -0.2) is 38.9 Å². The monoisotopic (exact) mass is 392 g/mol. The number of carbonyl (C=O) groups excluding carboxylic acids is 2. The highest BCUT2D eigenvalue weighted by Crippen LogP contribution is 2.38. The number of rotatable bonds is 5. The van der Waals surface area contributed by atoms with E-state index in [2.05, 4.69) is 10.2 Å². The third-order valence-corrected chi connectivity index (χ3v) is 4.52. The van der Waals surface area contributed by atoms with Crippen LogP contribution in [0.2, 0.25) is 0 Å². The van der Waals surface area contributed by atoms with Gasteiger partial charge >= 0.3 is 11.2 Å². The Morgan fingerprint density at radius 1 is 1.19 bits per heavy atom. The molecule has 0 saturated heterocycles. The molecule has 10 heteroatoms. The summed E-state index contributed by atoms with van der Waals surface area (Å²) < 4.78 is 35.0. The number of para-hydroxylation sites is 1. The first kappa shape index (κ1) is 18.8. The lowest BCUT2D eigenvalue weighted by Crippen LogP contribution is -2.39. The summed E-state index contributed by atoms with van der Waals surface area (Å²) >= 11 is -0.137. The second kappa shape index (κ2) is 7.31. The van der Waals surface area contributed by atoms with Crippen LogP contribution in [0.1, 0.15) is 11.7 Å². The topological polar surface area (TPSA) is 81.2 Å². The Balaban J connectivity index is 1.90. The van der Waals surface area contributed by atoms with Crippen LogP contribution < -0.4 is 4.90 Å². The molecule has 2 aromatic heterocycles. The van der Waals surface area contributed by atoms with E-state index in [-0.39, 0.29) is 17.6 Å². The van der Waals surface area contributed by atoms with Gasteiger partial charge in [-0.1, -0.05) is 18.2 Å². The second-order valence-electron chi connectivity index (χ2n) is 5.49. The Labute approximate surface area is 157 Å². The van der Waals surface area contributed by atoms with Gasteiger partial charge < -0.3 is 9.32 Å². The van der Waals surface area contributed by atoms with Crippen LogP contribution >= 0.6 is 11.8 Å². The first-order chi connectivity index (χ1) is 12.8. The van der Waals surface area contributed by atoms with E-state index >= 15 is 0 Å². The molecule has 0 aliphatic rings. The number of nitrogens with zero attached hydrogens (tertiary/aromatic N) is 4. The standard InChI is InChI=1S/C17H14F2N4O3S/c1-11(24)23-14(12-8-9-26-10-12)20-21-16(23)27-17(18,19)15(25)22(2)13-6-4-3-5-7-13/h3-10H,1-2H3. The predicted molar refractivity (Wildman–Crippen MR) is 94.7 cm³/mol. The summed E-state index contributed by atoms with van der Waals surface area (Å²) in [4.78, 5) is 25.1. The van der Waals surface area contributed by atoms with E-state index in [4.69, 9.17) is 4.42 Å². The van der Waals surface area contributed by atoms with Gasteiger partial charge in [0.05, 0.1) is 11.8 Å². The van der Waals surface area contributed by atoms with Crippen molar-refractivity contribution in [3.05, 3.63) is 48.9 Å². The molecule has 0 bridgehead atoms. The molecule has 0 saturated carbocycles. The van der Waals surface area contributed by atoms with Gasteiger partial charge in [0.25, 0.3) is 0 Å². The molecule has 0 unspecified atom stereocenters. The highest BCUT2D eigenvalue weighted by molar-refractivity contribution is 8.01. The third kappa shape index (κ3) is 3.75. The zero-order valence-electron chi connectivity index (χ0n) is 14.3. The summed E-state index contributed by atoms with van der Waals surface area (Å²) in [6.45, 7) is 1.19. The van der Waals surface area contributed by atoms with Crippen molar-refractivity contribution in [2.75, 3.05) is 11.9 Å². The lowest BCUT2D eigenvalue weighted by atomic mass is 10.3. The Bertz CT molecular complexity index is 958. The van der Waals surface area contributed by atoms with Crippen molar-refractivity contribution in [3.63, 3.8) is 0 Å². The number of anilines is 1. The van der Waals surface area contributed by atoms with E-state index < -0.39 is 22.2 Å². The fourth-order valence-electron chi connectivity index (χ4n) is 2.32. The van der Waals surface area contributed by atoms with Gasteiger partial charge in [-0.05, 0) is 30.0 Å². The maximum atomic E-state index is 14.6. The molecule has 0 aliphatic carbocycles. The molecule has 3 aromatic rings. The van der Waals surface area contributed by atoms with Gasteiger partial charge in [-0.15, -0.1) is 10.2 Å². The van der Waals surface area contributed by atoms with Crippen molar-refractivity contribution in [1.82, 2.24) is 14.8 Å². The van der Waals surface area contributed by atoms with Gasteiger partial charge in [0.1, 0.15) is 6.26 Å². The minimum absolute atomic E-state index is 0.0541. The second-order valence-corrected chi connectivity index (χ2v) is 6.57. The largest absolute Gasteiger partial charge is 0.472 e.